The van der Waals surface area contributed by atoms with Crippen LogP contribution in [0.1, 0.15) is 40.5 Å². The van der Waals surface area contributed by atoms with E-state index < -0.39 is 5.60 Å². The lowest BCUT2D eigenvalue weighted by molar-refractivity contribution is 0.0130. The summed E-state index contributed by atoms with van der Waals surface area (Å²) in [6.45, 7) is 9.14. The minimum absolute atomic E-state index is 0.126. The number of hydrogen-bond donors (Lipinski definition) is 0. The van der Waals surface area contributed by atoms with Crippen molar-refractivity contribution < 1.29 is 16.2 Å². The summed E-state index contributed by atoms with van der Waals surface area (Å²) in [5, 5.41) is 0. The molecule has 0 radical (unpaired) electrons. The third kappa shape index (κ3) is 6.50. The van der Waals surface area contributed by atoms with Gasteiger partial charge in [-0.3, -0.25) is 4.18 Å². The number of nitrogens with zero attached hydrogens (tertiary/aromatic N) is 1. The van der Waals surface area contributed by atoms with Crippen LogP contribution in [0.4, 0.5) is 4.79 Å². The average molecular weight is 403 g/mol. The zero-order chi connectivity index (χ0) is 14.5. The topological polar surface area (TPSA) is 48.0 Å². The van der Waals surface area contributed by atoms with Gasteiger partial charge in [0.05, 0.1) is 6.10 Å². The Balaban J connectivity index is 2.34. The first kappa shape index (κ1) is 17.3. The van der Waals surface area contributed by atoms with Gasteiger partial charge in [-0.15, -0.1) is 0 Å². The molecule has 112 valence electrons. The molecular formula is C12H22INO4S. The molecule has 0 bridgehead atoms. The average Bonchev–Trinajstić information content (AvgIpc) is 2.34. The predicted molar refractivity (Wildman–Crippen MR) is 83.8 cm³/mol. The molecule has 7 heteroatoms. The number of hydrogen-bond acceptors (Lipinski definition) is 5. The van der Waals surface area contributed by atoms with Gasteiger partial charge in [0.25, 0.3) is 0 Å². The highest BCUT2D eigenvalue weighted by molar-refractivity contribution is 14.1. The molecule has 0 aromatic carbocycles. The van der Waals surface area contributed by atoms with E-state index in [9.17, 15) is 4.79 Å². The van der Waals surface area contributed by atoms with Gasteiger partial charge in [-0.2, -0.15) is 0 Å². The lowest BCUT2D eigenvalue weighted by atomic mass is 9.92. The van der Waals surface area contributed by atoms with E-state index in [-0.39, 0.29) is 12.2 Å². The van der Waals surface area contributed by atoms with Gasteiger partial charge >= 0.3 is 6.09 Å². The number of ether oxygens (including phenoxy) is 1. The SMILES string of the molecule is CC(OSOI)C1CCN(C(=O)OC(C)(C)C)CC1. The quantitative estimate of drug-likeness (QED) is 0.525. The van der Waals surface area contributed by atoms with Gasteiger partial charge in [0, 0.05) is 13.1 Å². The van der Waals surface area contributed by atoms with E-state index in [0.717, 1.165) is 38.3 Å². The third-order valence-electron chi connectivity index (χ3n) is 3.07. The molecule has 0 aliphatic carbocycles. The summed E-state index contributed by atoms with van der Waals surface area (Å²) in [5.74, 6) is 0.456. The van der Waals surface area contributed by atoms with Gasteiger partial charge in [-0.1, -0.05) is 0 Å². The molecule has 1 amide bonds. The predicted octanol–water partition coefficient (Wildman–Crippen LogP) is 3.97. The Bertz CT molecular complexity index is 290. The van der Waals surface area contributed by atoms with Crippen LogP contribution in [0.2, 0.25) is 0 Å². The largest absolute Gasteiger partial charge is 0.444 e. The number of likely N-dealkylation sites (tertiary alicyclic amines) is 1. The molecule has 0 N–H and O–H groups in total. The third-order valence-corrected chi connectivity index (χ3v) is 3.95. The summed E-state index contributed by atoms with van der Waals surface area (Å²) in [4.78, 5) is 13.7. The van der Waals surface area contributed by atoms with Crippen LogP contribution >= 0.6 is 35.3 Å². The van der Waals surface area contributed by atoms with Crippen molar-refractivity contribution in [2.45, 2.75) is 52.2 Å². The maximum Gasteiger partial charge on any atom is 0.410 e. The van der Waals surface area contributed by atoms with Crippen molar-refractivity contribution in [1.29, 1.82) is 0 Å². The summed E-state index contributed by atoms with van der Waals surface area (Å²) < 4.78 is 15.6. The van der Waals surface area contributed by atoms with Gasteiger partial charge in [-0.05, 0) is 46.5 Å². The smallest absolute Gasteiger partial charge is 0.410 e. The maximum atomic E-state index is 11.9. The van der Waals surface area contributed by atoms with Gasteiger partial charge in [0.1, 0.15) is 28.6 Å². The highest BCUT2D eigenvalue weighted by atomic mass is 127. The van der Waals surface area contributed by atoms with Crippen molar-refractivity contribution in [3.8, 4) is 0 Å². The molecule has 1 saturated heterocycles. The summed E-state index contributed by atoms with van der Waals surface area (Å²) in [5.41, 5.74) is -0.432. The number of amides is 1. The summed E-state index contributed by atoms with van der Waals surface area (Å²) in [7, 11) is 0. The van der Waals surface area contributed by atoms with Gasteiger partial charge in [0.2, 0.25) is 0 Å². The van der Waals surface area contributed by atoms with Crippen molar-refractivity contribution in [3.05, 3.63) is 0 Å². The monoisotopic (exact) mass is 403 g/mol. The van der Waals surface area contributed by atoms with Crippen LogP contribution in [0.15, 0.2) is 0 Å². The first-order valence-electron chi connectivity index (χ1n) is 6.42. The Kier molecular flexibility index (Phi) is 7.20. The van der Waals surface area contributed by atoms with Crippen LogP contribution in [0.25, 0.3) is 0 Å². The Morgan fingerprint density at radius 3 is 2.42 bits per heavy atom. The second-order valence-electron chi connectivity index (χ2n) is 5.74. The number of rotatable bonds is 4. The minimum Gasteiger partial charge on any atom is -0.444 e. The molecule has 5 nitrogen and oxygen atoms in total. The Morgan fingerprint density at radius 2 is 1.95 bits per heavy atom. The van der Waals surface area contributed by atoms with E-state index in [0.29, 0.717) is 5.92 Å². The van der Waals surface area contributed by atoms with Gasteiger partial charge in [-0.25, -0.2) is 7.31 Å². The normalized spacial score (nSPS) is 19.3. The van der Waals surface area contributed by atoms with Crippen LogP contribution in [0.3, 0.4) is 0 Å². The fourth-order valence-corrected chi connectivity index (χ4v) is 2.60. The number of halogens is 1. The number of carbonyl (C=O) groups excluding carboxylic acids is 1. The van der Waals surface area contributed by atoms with Gasteiger partial charge in [0.15, 0.2) is 12.3 Å². The van der Waals surface area contributed by atoms with Crippen molar-refractivity contribution >= 4 is 41.4 Å². The molecule has 0 aromatic rings. The van der Waals surface area contributed by atoms with Crippen molar-refractivity contribution in [2.75, 3.05) is 13.1 Å². The van der Waals surface area contributed by atoms with E-state index in [1.54, 1.807) is 27.9 Å². The number of carbonyl (C=O) groups is 1. The molecule has 1 rings (SSSR count). The second-order valence-corrected chi connectivity index (χ2v) is 7.27. The lowest BCUT2D eigenvalue weighted by Gasteiger charge is -2.35. The molecule has 19 heavy (non-hydrogen) atoms. The molecule has 1 aliphatic rings. The zero-order valence-corrected chi connectivity index (χ0v) is 14.8. The first-order chi connectivity index (χ1) is 8.83. The molecule has 1 unspecified atom stereocenters. The Morgan fingerprint density at radius 1 is 1.37 bits per heavy atom. The van der Waals surface area contributed by atoms with Crippen LogP contribution in [-0.4, -0.2) is 35.8 Å². The molecule has 1 aliphatic heterocycles. The summed E-state index contributed by atoms with van der Waals surface area (Å²) in [6.07, 6.45) is 1.77. The van der Waals surface area contributed by atoms with Crippen LogP contribution < -0.4 is 0 Å². The molecule has 0 aromatic heterocycles. The molecule has 1 atom stereocenters. The maximum absolute atomic E-state index is 11.9. The van der Waals surface area contributed by atoms with Crippen molar-refractivity contribution in [3.63, 3.8) is 0 Å². The van der Waals surface area contributed by atoms with E-state index in [4.69, 9.17) is 11.4 Å². The molecule has 0 saturated carbocycles. The Labute approximate surface area is 133 Å². The van der Waals surface area contributed by atoms with Crippen LogP contribution in [0.5, 0.6) is 0 Å². The highest BCUT2D eigenvalue weighted by Gasteiger charge is 2.29. The molecule has 0 spiro atoms. The minimum atomic E-state index is -0.432. The van der Waals surface area contributed by atoms with Crippen molar-refractivity contribution in [2.24, 2.45) is 5.92 Å². The number of piperidine rings is 1. The molecule has 1 heterocycles. The highest BCUT2D eigenvalue weighted by Crippen LogP contribution is 2.26. The summed E-state index contributed by atoms with van der Waals surface area (Å²) >= 11 is 2.79. The first-order valence-corrected chi connectivity index (χ1v) is 7.97. The standard InChI is InChI=1S/C12H22INO4S/c1-9(17-19-18-13)10-5-7-14(8-6-10)11(15)16-12(2,3)4/h9-10H,5-8H2,1-4H3. The fraction of sp³-hybridized carbons (Fsp3) is 0.917. The Hall–Kier alpha value is 0.270. The van der Waals surface area contributed by atoms with Crippen LogP contribution in [-0.2, 0) is 11.4 Å². The zero-order valence-electron chi connectivity index (χ0n) is 11.8. The van der Waals surface area contributed by atoms with Crippen LogP contribution in [0, 0.1) is 5.92 Å². The molecular weight excluding hydrogens is 381 g/mol. The summed E-state index contributed by atoms with van der Waals surface area (Å²) in [6, 6.07) is 0. The molecule has 1 fully saturated rings. The van der Waals surface area contributed by atoms with Crippen molar-refractivity contribution in [1.82, 2.24) is 4.90 Å². The lowest BCUT2D eigenvalue weighted by Crippen LogP contribution is -2.43. The fourth-order valence-electron chi connectivity index (χ4n) is 2.03. The second kappa shape index (κ2) is 7.90. The van der Waals surface area contributed by atoms with E-state index in [1.807, 2.05) is 27.7 Å². The van der Waals surface area contributed by atoms with E-state index in [2.05, 4.69) is 0 Å². The van der Waals surface area contributed by atoms with E-state index >= 15 is 0 Å². The van der Waals surface area contributed by atoms with E-state index in [1.165, 1.54) is 0 Å². The van der Waals surface area contributed by atoms with Gasteiger partial charge < -0.3 is 9.64 Å².